The van der Waals surface area contributed by atoms with Crippen molar-refractivity contribution in [3.8, 4) is 17.2 Å². The lowest BCUT2D eigenvalue weighted by Gasteiger charge is -2.24. The Bertz CT molecular complexity index is 803. The Balaban J connectivity index is 2.16. The van der Waals surface area contributed by atoms with Gasteiger partial charge in [-0.15, -0.1) is 0 Å². The lowest BCUT2D eigenvalue weighted by Crippen LogP contribution is -2.40. The molecule has 2 rings (SSSR count). The zero-order chi connectivity index (χ0) is 20.7. The summed E-state index contributed by atoms with van der Waals surface area (Å²) < 4.78 is 16.7. The molecule has 152 valence electrons. The number of hydrogen-bond donors (Lipinski definition) is 1. The van der Waals surface area contributed by atoms with E-state index < -0.39 is 6.10 Å². The highest BCUT2D eigenvalue weighted by Gasteiger charge is 2.23. The van der Waals surface area contributed by atoms with E-state index in [1.165, 1.54) is 0 Å². The molecule has 28 heavy (non-hydrogen) atoms. The molecule has 2 aromatic carbocycles. The van der Waals surface area contributed by atoms with E-state index in [2.05, 4.69) is 5.32 Å². The Hall–Kier alpha value is -2.69. The molecule has 0 spiro atoms. The van der Waals surface area contributed by atoms with Crippen molar-refractivity contribution in [2.75, 3.05) is 14.2 Å². The van der Waals surface area contributed by atoms with Crippen molar-refractivity contribution in [2.45, 2.75) is 52.7 Å². The molecule has 5 nitrogen and oxygen atoms in total. The molecule has 2 atom stereocenters. The molecule has 0 aliphatic rings. The summed E-state index contributed by atoms with van der Waals surface area (Å²) in [6, 6.07) is 11.5. The minimum Gasteiger partial charge on any atom is -0.493 e. The monoisotopic (exact) mass is 385 g/mol. The van der Waals surface area contributed by atoms with E-state index in [1.807, 2.05) is 64.1 Å². The maximum Gasteiger partial charge on any atom is 0.261 e. The van der Waals surface area contributed by atoms with E-state index >= 15 is 0 Å². The average Bonchev–Trinajstić information content (AvgIpc) is 2.72. The summed E-state index contributed by atoms with van der Waals surface area (Å²) in [4.78, 5) is 12.9. The van der Waals surface area contributed by atoms with Crippen LogP contribution in [0.15, 0.2) is 36.4 Å². The molecule has 2 aromatic rings. The van der Waals surface area contributed by atoms with Crippen molar-refractivity contribution in [3.05, 3.63) is 53.1 Å². The van der Waals surface area contributed by atoms with Gasteiger partial charge in [0.2, 0.25) is 0 Å². The first-order valence-corrected chi connectivity index (χ1v) is 9.70. The summed E-state index contributed by atoms with van der Waals surface area (Å²) in [5.41, 5.74) is 3.17. The number of nitrogens with one attached hydrogen (secondary N) is 1. The fourth-order valence-electron chi connectivity index (χ4n) is 3.08. The lowest BCUT2D eigenvalue weighted by molar-refractivity contribution is -0.129. The van der Waals surface area contributed by atoms with Gasteiger partial charge in [-0.1, -0.05) is 32.0 Å². The van der Waals surface area contributed by atoms with Crippen LogP contribution in [0.25, 0.3) is 0 Å². The number of rotatable bonds is 9. The topological polar surface area (TPSA) is 56.8 Å². The Morgan fingerprint density at radius 2 is 1.68 bits per heavy atom. The van der Waals surface area contributed by atoms with Crippen LogP contribution in [0.4, 0.5) is 0 Å². The van der Waals surface area contributed by atoms with Crippen LogP contribution in [-0.4, -0.2) is 26.2 Å². The van der Waals surface area contributed by atoms with Crippen molar-refractivity contribution in [1.29, 1.82) is 0 Å². The van der Waals surface area contributed by atoms with Crippen LogP contribution in [0, 0.1) is 13.8 Å². The molecule has 0 heterocycles. The number of ether oxygens (including phenoxy) is 3. The van der Waals surface area contributed by atoms with Crippen molar-refractivity contribution >= 4 is 5.91 Å². The van der Waals surface area contributed by atoms with Gasteiger partial charge in [-0.2, -0.15) is 0 Å². The van der Waals surface area contributed by atoms with Gasteiger partial charge < -0.3 is 19.5 Å². The number of carbonyl (C=O) groups is 1. The first kappa shape index (κ1) is 21.6. The number of benzene rings is 2. The molecule has 0 radical (unpaired) electrons. The second-order valence-electron chi connectivity index (χ2n) is 6.80. The predicted molar refractivity (Wildman–Crippen MR) is 111 cm³/mol. The zero-order valence-corrected chi connectivity index (χ0v) is 17.7. The average molecular weight is 386 g/mol. The number of hydrogen-bond acceptors (Lipinski definition) is 4. The molecule has 0 saturated carbocycles. The smallest absolute Gasteiger partial charge is 0.261 e. The number of methoxy groups -OCH3 is 2. The van der Waals surface area contributed by atoms with E-state index in [-0.39, 0.29) is 11.9 Å². The van der Waals surface area contributed by atoms with Gasteiger partial charge in [0.1, 0.15) is 5.75 Å². The third-order valence-electron chi connectivity index (χ3n) is 5.02. The van der Waals surface area contributed by atoms with Crippen LogP contribution >= 0.6 is 0 Å². The Labute approximate surface area is 168 Å². The van der Waals surface area contributed by atoms with Gasteiger partial charge in [0, 0.05) is 0 Å². The molecule has 0 aliphatic carbocycles. The molecule has 0 aromatic heterocycles. The number of aryl methyl sites for hydroxylation is 1. The second kappa shape index (κ2) is 10.0. The van der Waals surface area contributed by atoms with Crippen LogP contribution in [0.5, 0.6) is 17.2 Å². The second-order valence-corrected chi connectivity index (χ2v) is 6.80. The predicted octanol–water partition coefficient (Wildman–Crippen LogP) is 4.75. The third-order valence-corrected chi connectivity index (χ3v) is 5.02. The Morgan fingerprint density at radius 3 is 2.29 bits per heavy atom. The first-order chi connectivity index (χ1) is 13.4. The summed E-state index contributed by atoms with van der Waals surface area (Å²) in [6.07, 6.45) is 0.789. The van der Waals surface area contributed by atoms with Crippen molar-refractivity contribution < 1.29 is 19.0 Å². The zero-order valence-electron chi connectivity index (χ0n) is 17.7. The standard InChI is InChI=1S/C23H31NO4/c1-7-18(17-12-13-21(26-5)22(14-17)27-6)24-23(25)19(8-2)28-20-11-9-10-15(3)16(20)4/h9-14,18-19H,7-8H2,1-6H3,(H,24,25). The summed E-state index contributed by atoms with van der Waals surface area (Å²) in [6.45, 7) is 8.03. The molecule has 0 aliphatic heterocycles. The molecule has 2 unspecified atom stereocenters. The molecule has 0 bridgehead atoms. The molecule has 0 saturated heterocycles. The molecule has 1 amide bonds. The molecule has 0 fully saturated rings. The normalized spacial score (nSPS) is 12.8. The molecule has 1 N–H and O–H groups in total. The largest absolute Gasteiger partial charge is 0.493 e. The fourth-order valence-corrected chi connectivity index (χ4v) is 3.08. The highest BCUT2D eigenvalue weighted by molar-refractivity contribution is 5.81. The van der Waals surface area contributed by atoms with Crippen molar-refractivity contribution in [3.63, 3.8) is 0 Å². The number of amides is 1. The van der Waals surface area contributed by atoms with Crippen LogP contribution in [0.1, 0.15) is 49.4 Å². The van der Waals surface area contributed by atoms with E-state index in [9.17, 15) is 4.79 Å². The van der Waals surface area contributed by atoms with Gasteiger partial charge in [-0.25, -0.2) is 0 Å². The van der Waals surface area contributed by atoms with Crippen molar-refractivity contribution in [1.82, 2.24) is 5.32 Å². The van der Waals surface area contributed by atoms with Crippen LogP contribution in [0.2, 0.25) is 0 Å². The van der Waals surface area contributed by atoms with Crippen LogP contribution < -0.4 is 19.5 Å². The minimum atomic E-state index is -0.547. The van der Waals surface area contributed by atoms with Gasteiger partial charge in [0.25, 0.3) is 5.91 Å². The van der Waals surface area contributed by atoms with Crippen LogP contribution in [0.3, 0.4) is 0 Å². The van der Waals surface area contributed by atoms with E-state index in [4.69, 9.17) is 14.2 Å². The Morgan fingerprint density at radius 1 is 0.964 bits per heavy atom. The molecular weight excluding hydrogens is 354 g/mol. The highest BCUT2D eigenvalue weighted by atomic mass is 16.5. The Kier molecular flexibility index (Phi) is 7.73. The maximum atomic E-state index is 12.9. The first-order valence-electron chi connectivity index (χ1n) is 9.70. The molecule has 5 heteroatoms. The summed E-state index contributed by atoms with van der Waals surface area (Å²) in [5.74, 6) is 1.94. The van der Waals surface area contributed by atoms with E-state index in [0.29, 0.717) is 17.9 Å². The molecular formula is C23H31NO4. The van der Waals surface area contributed by atoms with Gasteiger partial charge >= 0.3 is 0 Å². The maximum absolute atomic E-state index is 12.9. The highest BCUT2D eigenvalue weighted by Crippen LogP contribution is 2.31. The fraction of sp³-hybridized carbons (Fsp3) is 0.435. The van der Waals surface area contributed by atoms with E-state index in [1.54, 1.807) is 14.2 Å². The third kappa shape index (κ3) is 4.97. The summed E-state index contributed by atoms with van der Waals surface area (Å²) in [5, 5.41) is 3.12. The number of carbonyl (C=O) groups excluding carboxylic acids is 1. The minimum absolute atomic E-state index is 0.120. The summed E-state index contributed by atoms with van der Waals surface area (Å²) >= 11 is 0. The van der Waals surface area contributed by atoms with Gasteiger partial charge in [-0.3, -0.25) is 4.79 Å². The van der Waals surface area contributed by atoms with Gasteiger partial charge in [0.05, 0.1) is 20.3 Å². The quantitative estimate of drug-likeness (QED) is 0.677. The SMILES string of the molecule is CCC(Oc1cccc(C)c1C)C(=O)NC(CC)c1ccc(OC)c(OC)c1. The van der Waals surface area contributed by atoms with Crippen LogP contribution in [-0.2, 0) is 4.79 Å². The van der Waals surface area contributed by atoms with Gasteiger partial charge in [0.15, 0.2) is 17.6 Å². The summed E-state index contributed by atoms with van der Waals surface area (Å²) in [7, 11) is 3.21. The van der Waals surface area contributed by atoms with Crippen molar-refractivity contribution in [2.24, 2.45) is 0 Å². The van der Waals surface area contributed by atoms with Gasteiger partial charge in [-0.05, 0) is 61.6 Å². The lowest BCUT2D eigenvalue weighted by atomic mass is 10.0. The van der Waals surface area contributed by atoms with E-state index in [0.717, 1.165) is 28.9 Å².